The van der Waals surface area contributed by atoms with Crippen molar-refractivity contribution in [1.82, 2.24) is 9.88 Å². The number of rotatable bonds is 1. The van der Waals surface area contributed by atoms with E-state index in [0.717, 1.165) is 0 Å². The fourth-order valence-corrected chi connectivity index (χ4v) is 2.56. The lowest BCUT2D eigenvalue weighted by Gasteiger charge is -2.30. The third kappa shape index (κ3) is 3.87. The molecule has 0 aliphatic carbocycles. The maximum absolute atomic E-state index is 13.1. The maximum Gasteiger partial charge on any atom is 0.410 e. The molecule has 2 aromatic rings. The van der Waals surface area contributed by atoms with Crippen molar-refractivity contribution in [3.05, 3.63) is 51.8 Å². The molecule has 3 rings (SSSR count). The molecule has 0 bridgehead atoms. The highest BCUT2D eigenvalue weighted by Gasteiger charge is 2.28. The number of carbonyl (C=O) groups is 1. The van der Waals surface area contributed by atoms with Gasteiger partial charge in [-0.05, 0) is 51.5 Å². The number of aromatic nitrogens is 1. The number of halogens is 1. The lowest BCUT2D eigenvalue weighted by molar-refractivity contribution is 0.0219. The van der Waals surface area contributed by atoms with E-state index >= 15 is 0 Å². The average molecular weight is 346 g/mol. The predicted molar refractivity (Wildman–Crippen MR) is 88.5 cm³/mol. The monoisotopic (exact) mass is 346 g/mol. The van der Waals surface area contributed by atoms with Crippen molar-refractivity contribution in [2.45, 2.75) is 39.3 Å². The molecule has 0 saturated carbocycles. The van der Waals surface area contributed by atoms with Crippen LogP contribution in [0.4, 0.5) is 9.18 Å². The summed E-state index contributed by atoms with van der Waals surface area (Å²) in [6.07, 6.45) is -0.0929. The Kier molecular flexibility index (Phi) is 4.32. The highest BCUT2D eigenvalue weighted by atomic mass is 19.1. The van der Waals surface area contributed by atoms with Crippen LogP contribution >= 0.6 is 0 Å². The van der Waals surface area contributed by atoms with Crippen LogP contribution in [0.2, 0.25) is 0 Å². The van der Waals surface area contributed by atoms with Gasteiger partial charge in [-0.1, -0.05) is 0 Å². The summed E-state index contributed by atoms with van der Waals surface area (Å²) < 4.78 is 23.7. The predicted octanol–water partition coefficient (Wildman–Crippen LogP) is 3.13. The molecule has 6 nitrogen and oxygen atoms in total. The molecule has 0 fully saturated rings. The number of hydrogen-bond donors (Lipinski definition) is 0. The molecule has 0 saturated heterocycles. The van der Waals surface area contributed by atoms with E-state index in [0.29, 0.717) is 29.8 Å². The normalized spacial score (nSPS) is 14.2. The van der Waals surface area contributed by atoms with Gasteiger partial charge in [0.25, 0.3) is 0 Å². The smallest absolute Gasteiger partial charge is 0.410 e. The zero-order valence-corrected chi connectivity index (χ0v) is 14.3. The van der Waals surface area contributed by atoms with Gasteiger partial charge in [0, 0.05) is 12.1 Å². The Labute approximate surface area is 144 Å². The second-order valence-electron chi connectivity index (χ2n) is 6.89. The van der Waals surface area contributed by atoms with E-state index in [-0.39, 0.29) is 18.3 Å². The van der Waals surface area contributed by atoms with Crippen LogP contribution in [0, 0.1) is 5.82 Å². The minimum Gasteiger partial charge on any atom is -0.444 e. The van der Waals surface area contributed by atoms with Gasteiger partial charge in [-0.2, -0.15) is 0 Å². The third-order valence-corrected chi connectivity index (χ3v) is 3.74. The lowest BCUT2D eigenvalue weighted by Crippen LogP contribution is -2.41. The van der Waals surface area contributed by atoms with E-state index in [2.05, 4.69) is 4.98 Å². The SMILES string of the molecule is CC(C)(C)OC(=O)N1CCc2c(nc(-c3ccc(F)cc3)oc2=O)C1. The van der Waals surface area contributed by atoms with Crippen LogP contribution in [0.25, 0.3) is 11.5 Å². The van der Waals surface area contributed by atoms with Crippen molar-refractivity contribution < 1.29 is 18.3 Å². The van der Waals surface area contributed by atoms with Crippen LogP contribution < -0.4 is 5.63 Å². The Morgan fingerprint density at radius 1 is 1.28 bits per heavy atom. The largest absolute Gasteiger partial charge is 0.444 e. The Balaban J connectivity index is 1.89. The fraction of sp³-hybridized carbons (Fsp3) is 0.389. The fourth-order valence-electron chi connectivity index (χ4n) is 2.56. The quantitative estimate of drug-likeness (QED) is 0.793. The first-order chi connectivity index (χ1) is 11.7. The number of amides is 1. The molecule has 1 aliphatic rings. The molecule has 7 heteroatoms. The van der Waals surface area contributed by atoms with Crippen LogP contribution in [0.1, 0.15) is 32.0 Å². The van der Waals surface area contributed by atoms with Gasteiger partial charge in [0.05, 0.1) is 17.8 Å². The van der Waals surface area contributed by atoms with E-state index in [9.17, 15) is 14.0 Å². The molecule has 0 radical (unpaired) electrons. The number of nitrogens with zero attached hydrogens (tertiary/aromatic N) is 2. The van der Waals surface area contributed by atoms with E-state index in [4.69, 9.17) is 9.15 Å². The first-order valence-electron chi connectivity index (χ1n) is 8.00. The van der Waals surface area contributed by atoms with Crippen molar-refractivity contribution >= 4 is 6.09 Å². The second kappa shape index (κ2) is 6.31. The van der Waals surface area contributed by atoms with Gasteiger partial charge in [0.2, 0.25) is 5.89 Å². The summed E-state index contributed by atoms with van der Waals surface area (Å²) in [6, 6.07) is 5.51. The zero-order chi connectivity index (χ0) is 18.2. The zero-order valence-electron chi connectivity index (χ0n) is 14.3. The molecule has 1 amide bonds. The van der Waals surface area contributed by atoms with Gasteiger partial charge in [-0.25, -0.2) is 19.0 Å². The van der Waals surface area contributed by atoms with Crippen LogP contribution in [-0.4, -0.2) is 28.1 Å². The molecule has 25 heavy (non-hydrogen) atoms. The molecule has 0 N–H and O–H groups in total. The van der Waals surface area contributed by atoms with E-state index in [1.165, 1.54) is 29.2 Å². The summed E-state index contributed by atoms with van der Waals surface area (Å²) in [5.41, 5.74) is 0.363. The highest BCUT2D eigenvalue weighted by molar-refractivity contribution is 5.68. The van der Waals surface area contributed by atoms with Crippen LogP contribution in [0.5, 0.6) is 0 Å². The summed E-state index contributed by atoms with van der Waals surface area (Å²) in [5, 5.41) is 0. The van der Waals surface area contributed by atoms with Gasteiger partial charge < -0.3 is 14.1 Å². The number of ether oxygens (including phenoxy) is 1. The molecular formula is C18H19FN2O4. The van der Waals surface area contributed by atoms with E-state index in [1.54, 1.807) is 20.8 Å². The summed E-state index contributed by atoms with van der Waals surface area (Å²) >= 11 is 0. The highest BCUT2D eigenvalue weighted by Crippen LogP contribution is 2.22. The molecule has 1 aliphatic heterocycles. The van der Waals surface area contributed by atoms with Crippen molar-refractivity contribution in [2.75, 3.05) is 6.54 Å². The Morgan fingerprint density at radius 3 is 2.60 bits per heavy atom. The second-order valence-corrected chi connectivity index (χ2v) is 6.89. The molecule has 1 aromatic carbocycles. The summed E-state index contributed by atoms with van der Waals surface area (Å²) in [4.78, 5) is 30.3. The molecule has 0 unspecified atom stereocenters. The van der Waals surface area contributed by atoms with Crippen molar-refractivity contribution in [2.24, 2.45) is 0 Å². The topological polar surface area (TPSA) is 72.6 Å². The standard InChI is InChI=1S/C18H19FN2O4/c1-18(2,3)25-17(23)21-9-8-13-14(10-21)20-15(24-16(13)22)11-4-6-12(19)7-5-11/h4-7H,8-10H2,1-3H3. The molecule has 1 aromatic heterocycles. The van der Waals surface area contributed by atoms with Crippen molar-refractivity contribution in [3.63, 3.8) is 0 Å². The molecule has 132 valence electrons. The van der Waals surface area contributed by atoms with Crippen LogP contribution in [0.15, 0.2) is 33.5 Å². The Morgan fingerprint density at radius 2 is 1.96 bits per heavy atom. The number of hydrogen-bond acceptors (Lipinski definition) is 5. The van der Waals surface area contributed by atoms with E-state index < -0.39 is 17.3 Å². The minimum absolute atomic E-state index is 0.106. The lowest BCUT2D eigenvalue weighted by atomic mass is 10.1. The van der Waals surface area contributed by atoms with E-state index in [1.807, 2.05) is 0 Å². The first kappa shape index (κ1) is 17.1. The Bertz CT molecular complexity index is 853. The van der Waals surface area contributed by atoms with Gasteiger partial charge >= 0.3 is 11.7 Å². The third-order valence-electron chi connectivity index (χ3n) is 3.74. The molecule has 0 spiro atoms. The van der Waals surface area contributed by atoms with Crippen LogP contribution in [0.3, 0.4) is 0 Å². The average Bonchev–Trinajstić information content (AvgIpc) is 2.53. The maximum atomic E-state index is 13.1. The Hall–Kier alpha value is -2.70. The number of carbonyl (C=O) groups excluding carboxylic acids is 1. The number of fused-ring (bicyclic) bond motifs is 1. The summed E-state index contributed by atoms with van der Waals surface area (Å²) in [6.45, 7) is 5.92. The molecule has 0 atom stereocenters. The number of benzene rings is 1. The first-order valence-corrected chi connectivity index (χ1v) is 8.00. The van der Waals surface area contributed by atoms with Crippen molar-refractivity contribution in [3.8, 4) is 11.5 Å². The van der Waals surface area contributed by atoms with Gasteiger partial charge in [-0.15, -0.1) is 0 Å². The molecule has 2 heterocycles. The summed E-state index contributed by atoms with van der Waals surface area (Å²) in [7, 11) is 0. The molecular weight excluding hydrogens is 327 g/mol. The van der Waals surface area contributed by atoms with Crippen molar-refractivity contribution in [1.29, 1.82) is 0 Å². The summed E-state index contributed by atoms with van der Waals surface area (Å²) in [5.74, 6) is -0.282. The van der Waals surface area contributed by atoms with Gasteiger partial charge in [-0.3, -0.25) is 0 Å². The van der Waals surface area contributed by atoms with Gasteiger partial charge in [0.15, 0.2) is 0 Å². The van der Waals surface area contributed by atoms with Gasteiger partial charge in [0.1, 0.15) is 11.4 Å². The van der Waals surface area contributed by atoms with Crippen LogP contribution in [-0.2, 0) is 17.7 Å². The minimum atomic E-state index is -0.597.